The second-order valence-corrected chi connectivity index (χ2v) is 11.4. The van der Waals surface area contributed by atoms with Gasteiger partial charge in [-0.2, -0.15) is 0 Å². The van der Waals surface area contributed by atoms with Gasteiger partial charge in [0.2, 0.25) is 0 Å². The van der Waals surface area contributed by atoms with Gasteiger partial charge in [-0.25, -0.2) is 15.0 Å². The molecule has 0 unspecified atom stereocenters. The number of aliphatic hydroxyl groups is 1. The SMILES string of the molecule is C=CC1=C(C)C2=NC1=CC1=NC(=CC3=C(CC)C4=C(O)CC(=C5NC(=C2)[C@@H](C)[C@@H]5CCC(=O)O)C4=N3)C(CC)=C1C. The average Bonchev–Trinajstić information content (AvgIpc) is 3.69. The minimum absolute atomic E-state index is 0.0364. The van der Waals surface area contributed by atoms with Gasteiger partial charge in [0.15, 0.2) is 0 Å². The second kappa shape index (κ2) is 9.98. The number of aliphatic hydroxyl groups excluding tert-OH is 1. The van der Waals surface area contributed by atoms with Crippen molar-refractivity contribution in [3.63, 3.8) is 0 Å². The highest BCUT2D eigenvalue weighted by Crippen LogP contribution is 2.47. The lowest BCUT2D eigenvalue weighted by Crippen LogP contribution is -2.15. The molecule has 0 amide bonds. The van der Waals surface area contributed by atoms with E-state index in [0.29, 0.717) is 18.6 Å². The van der Waals surface area contributed by atoms with Gasteiger partial charge >= 0.3 is 5.97 Å². The topological polar surface area (TPSA) is 107 Å². The Hall–Kier alpha value is -4.26. The molecular formula is C34H36N4O3. The molecule has 1 saturated heterocycles. The van der Waals surface area contributed by atoms with Crippen LogP contribution in [0.2, 0.25) is 0 Å². The second-order valence-electron chi connectivity index (χ2n) is 11.4. The van der Waals surface area contributed by atoms with Crippen LogP contribution in [0.3, 0.4) is 0 Å². The van der Waals surface area contributed by atoms with E-state index >= 15 is 0 Å². The molecule has 0 aromatic carbocycles. The van der Waals surface area contributed by atoms with Crippen molar-refractivity contribution in [2.45, 2.75) is 66.7 Å². The zero-order valence-electron chi connectivity index (χ0n) is 24.4. The van der Waals surface area contributed by atoms with Gasteiger partial charge in [-0.15, -0.1) is 0 Å². The lowest BCUT2D eigenvalue weighted by atomic mass is 9.86. The molecule has 0 saturated carbocycles. The maximum atomic E-state index is 11.6. The highest BCUT2D eigenvalue weighted by atomic mass is 16.4. The molecule has 1 fully saturated rings. The molecule has 7 heteroatoms. The first kappa shape index (κ1) is 26.9. The Kier molecular flexibility index (Phi) is 6.56. The molecule has 41 heavy (non-hydrogen) atoms. The summed E-state index contributed by atoms with van der Waals surface area (Å²) in [6, 6.07) is 0. The lowest BCUT2D eigenvalue weighted by molar-refractivity contribution is -0.137. The van der Waals surface area contributed by atoms with E-state index in [1.165, 1.54) is 5.57 Å². The normalized spacial score (nSPS) is 25.0. The molecule has 0 radical (unpaired) electrons. The summed E-state index contributed by atoms with van der Waals surface area (Å²) in [6.45, 7) is 14.6. The Balaban J connectivity index is 1.63. The van der Waals surface area contributed by atoms with Crippen molar-refractivity contribution in [3.05, 3.63) is 104 Å². The van der Waals surface area contributed by atoms with Crippen LogP contribution in [0.25, 0.3) is 0 Å². The molecule has 1 aliphatic carbocycles. The number of nitrogens with one attached hydrogen (secondary N) is 1. The van der Waals surface area contributed by atoms with E-state index in [4.69, 9.17) is 15.0 Å². The molecule has 7 nitrogen and oxygen atoms in total. The number of hydrogen-bond acceptors (Lipinski definition) is 6. The van der Waals surface area contributed by atoms with E-state index in [2.05, 4.69) is 58.7 Å². The van der Waals surface area contributed by atoms with E-state index in [9.17, 15) is 15.0 Å². The Labute approximate surface area is 241 Å². The van der Waals surface area contributed by atoms with Crippen LogP contribution in [-0.4, -0.2) is 33.3 Å². The van der Waals surface area contributed by atoms with E-state index in [1.807, 2.05) is 12.2 Å². The molecule has 210 valence electrons. The zero-order chi connectivity index (χ0) is 29.2. The summed E-state index contributed by atoms with van der Waals surface area (Å²) < 4.78 is 0. The Morgan fingerprint density at radius 2 is 1.76 bits per heavy atom. The third-order valence-corrected chi connectivity index (χ3v) is 9.18. The fraction of sp³-hybridized carbons (Fsp3) is 0.353. The number of carboxylic acids is 1. The maximum Gasteiger partial charge on any atom is 0.303 e. The maximum absolute atomic E-state index is 11.6. The summed E-state index contributed by atoms with van der Waals surface area (Å²) in [5, 5.41) is 24.4. The largest absolute Gasteiger partial charge is 0.511 e. The van der Waals surface area contributed by atoms with Gasteiger partial charge in [0, 0.05) is 52.8 Å². The number of fused-ring (bicyclic) bond motifs is 5. The lowest BCUT2D eigenvalue weighted by Gasteiger charge is -2.17. The van der Waals surface area contributed by atoms with Crippen LogP contribution in [0, 0.1) is 11.8 Å². The van der Waals surface area contributed by atoms with Gasteiger partial charge in [0.25, 0.3) is 0 Å². The molecule has 2 atom stereocenters. The molecular weight excluding hydrogens is 512 g/mol. The monoisotopic (exact) mass is 548 g/mol. The standard InChI is InChI=1S/C34H36N4O3/c1-7-19-16(4)24-13-26-18(6)22(10-11-31(40)41)33(37-26)23-12-30(39)32-21(9-3)29(38-34(23)32)15-28-20(8-2)17(5)25(36-28)14-27(19)35-24/h7,13-15,18,22,37,39H,1,8-12H2,2-6H3,(H,40,41)/t18-,22-/m0/s1. The fourth-order valence-corrected chi connectivity index (χ4v) is 6.90. The van der Waals surface area contributed by atoms with Crippen LogP contribution in [-0.2, 0) is 4.79 Å². The van der Waals surface area contributed by atoms with Gasteiger partial charge in [0.05, 0.1) is 34.2 Å². The van der Waals surface area contributed by atoms with Crippen LogP contribution in [0.4, 0.5) is 0 Å². The summed E-state index contributed by atoms with van der Waals surface area (Å²) in [7, 11) is 0. The third-order valence-electron chi connectivity index (χ3n) is 9.18. The Bertz CT molecular complexity index is 1680. The predicted molar refractivity (Wildman–Crippen MR) is 164 cm³/mol. The minimum atomic E-state index is -0.816. The molecule has 6 rings (SSSR count). The first-order chi connectivity index (χ1) is 19.7. The summed E-state index contributed by atoms with van der Waals surface area (Å²) in [5.41, 5.74) is 14.1. The first-order valence-electron chi connectivity index (χ1n) is 14.5. The molecule has 0 aromatic rings. The van der Waals surface area contributed by atoms with Gasteiger partial charge < -0.3 is 15.5 Å². The molecule has 3 N–H and O–H groups in total. The average molecular weight is 549 g/mol. The zero-order valence-corrected chi connectivity index (χ0v) is 24.4. The third kappa shape index (κ3) is 4.17. The van der Waals surface area contributed by atoms with E-state index in [-0.39, 0.29) is 18.3 Å². The smallest absolute Gasteiger partial charge is 0.303 e. The molecule has 0 aromatic heterocycles. The number of aliphatic carboxylic acids is 1. The summed E-state index contributed by atoms with van der Waals surface area (Å²) >= 11 is 0. The van der Waals surface area contributed by atoms with Crippen molar-refractivity contribution >= 4 is 23.1 Å². The van der Waals surface area contributed by atoms with E-state index < -0.39 is 5.97 Å². The van der Waals surface area contributed by atoms with Crippen molar-refractivity contribution in [1.82, 2.24) is 5.32 Å². The predicted octanol–water partition coefficient (Wildman–Crippen LogP) is 7.10. The Morgan fingerprint density at radius 3 is 2.44 bits per heavy atom. The van der Waals surface area contributed by atoms with Crippen molar-refractivity contribution in [2.75, 3.05) is 0 Å². The highest BCUT2D eigenvalue weighted by molar-refractivity contribution is 6.21. The molecule has 0 spiro atoms. The molecule has 5 aliphatic heterocycles. The molecule has 5 heterocycles. The molecule has 6 aliphatic rings. The summed E-state index contributed by atoms with van der Waals surface area (Å²) in [6.07, 6.45) is 10.5. The number of carboxylic acid groups (broad SMARTS) is 1. The molecule has 8 bridgehead atoms. The van der Waals surface area contributed by atoms with Crippen LogP contribution in [0.1, 0.15) is 66.7 Å². The number of nitrogens with zero attached hydrogens (tertiary/aromatic N) is 3. The Morgan fingerprint density at radius 1 is 1.05 bits per heavy atom. The summed E-state index contributed by atoms with van der Waals surface area (Å²) in [5.74, 6) is -0.511. The van der Waals surface area contributed by atoms with Crippen molar-refractivity contribution in [2.24, 2.45) is 26.8 Å². The van der Waals surface area contributed by atoms with Crippen molar-refractivity contribution in [3.8, 4) is 0 Å². The first-order valence-corrected chi connectivity index (χ1v) is 14.5. The number of carbonyl (C=O) groups is 1. The van der Waals surface area contributed by atoms with Gasteiger partial charge in [-0.05, 0) is 73.6 Å². The quantitative estimate of drug-likeness (QED) is 0.329. The van der Waals surface area contributed by atoms with Gasteiger partial charge in [-0.1, -0.05) is 33.4 Å². The summed E-state index contributed by atoms with van der Waals surface area (Å²) in [4.78, 5) is 26.8. The number of rotatable bonds is 6. The van der Waals surface area contributed by atoms with Crippen LogP contribution in [0.15, 0.2) is 119 Å². The van der Waals surface area contributed by atoms with Crippen molar-refractivity contribution < 1.29 is 15.0 Å². The van der Waals surface area contributed by atoms with E-state index in [1.54, 1.807) is 0 Å². The van der Waals surface area contributed by atoms with Gasteiger partial charge in [-0.3, -0.25) is 4.79 Å². The van der Waals surface area contributed by atoms with Crippen LogP contribution < -0.4 is 5.32 Å². The fourth-order valence-electron chi connectivity index (χ4n) is 6.90. The van der Waals surface area contributed by atoms with Gasteiger partial charge in [0.1, 0.15) is 5.76 Å². The van der Waals surface area contributed by atoms with E-state index in [0.717, 1.165) is 91.9 Å². The number of hydrogen-bond donors (Lipinski definition) is 3. The number of aliphatic imine (C=N–C) groups is 3. The minimum Gasteiger partial charge on any atom is -0.511 e. The van der Waals surface area contributed by atoms with Crippen LogP contribution in [0.5, 0.6) is 0 Å². The highest BCUT2D eigenvalue weighted by Gasteiger charge is 2.41. The number of allylic oxidation sites excluding steroid dienone is 12. The van der Waals surface area contributed by atoms with Crippen LogP contribution >= 0.6 is 0 Å². The van der Waals surface area contributed by atoms with Crippen molar-refractivity contribution in [1.29, 1.82) is 0 Å².